The number of rotatable bonds is 2. The number of carbonyl (C=O) groups excluding carboxylic acids is 1. The second kappa shape index (κ2) is 5.21. The van der Waals surface area contributed by atoms with Gasteiger partial charge in [0.15, 0.2) is 0 Å². The molecule has 1 saturated heterocycles. The van der Waals surface area contributed by atoms with E-state index in [4.69, 9.17) is 0 Å². The molecule has 0 aliphatic carbocycles. The van der Waals surface area contributed by atoms with Crippen LogP contribution >= 0.6 is 15.9 Å². The molecule has 2 aromatic carbocycles. The summed E-state index contributed by atoms with van der Waals surface area (Å²) >= 11 is 3.45. The highest BCUT2D eigenvalue weighted by Crippen LogP contribution is 2.45. The van der Waals surface area contributed by atoms with E-state index in [0.29, 0.717) is 6.54 Å². The number of benzene rings is 2. The summed E-state index contributed by atoms with van der Waals surface area (Å²) in [5.74, 6) is 0.189. The first-order chi connectivity index (χ1) is 10.7. The number of nitrogens with zero attached hydrogens (tertiary/aromatic N) is 1. The van der Waals surface area contributed by atoms with Crippen molar-refractivity contribution in [3.8, 4) is 0 Å². The third-order valence-corrected chi connectivity index (χ3v) is 5.20. The first-order valence-electron chi connectivity index (χ1n) is 7.62. The Bertz CT molecular complexity index is 720. The van der Waals surface area contributed by atoms with Crippen molar-refractivity contribution >= 4 is 27.5 Å². The zero-order valence-electron chi connectivity index (χ0n) is 12.2. The van der Waals surface area contributed by atoms with Crippen LogP contribution in [0.15, 0.2) is 53.0 Å². The van der Waals surface area contributed by atoms with Crippen molar-refractivity contribution in [2.75, 3.05) is 11.4 Å². The number of carbonyl (C=O) groups is 1. The standard InChI is InChI=1S/C18H17BrN2O/c19-14-8-6-13(7-9-14)12-21-16-5-2-1-4-15(16)18(17(21)22)10-3-11-20-18/h1-2,4-9,20H,3,10-12H2. The van der Waals surface area contributed by atoms with Gasteiger partial charge in [0.2, 0.25) is 0 Å². The molecule has 0 bridgehead atoms. The molecule has 22 heavy (non-hydrogen) atoms. The molecule has 1 atom stereocenters. The van der Waals surface area contributed by atoms with Gasteiger partial charge in [-0.05, 0) is 43.1 Å². The SMILES string of the molecule is O=C1N(Cc2ccc(Br)cc2)c2ccccc2C12CCCN2. The van der Waals surface area contributed by atoms with Crippen molar-refractivity contribution in [3.05, 3.63) is 64.1 Å². The average molecular weight is 357 g/mol. The third-order valence-electron chi connectivity index (χ3n) is 4.67. The zero-order valence-corrected chi connectivity index (χ0v) is 13.8. The number of amides is 1. The number of para-hydroxylation sites is 1. The Morgan fingerprint density at radius 2 is 1.91 bits per heavy atom. The molecule has 1 spiro atoms. The van der Waals surface area contributed by atoms with Crippen LogP contribution in [0.25, 0.3) is 0 Å². The van der Waals surface area contributed by atoms with Crippen LogP contribution in [0.4, 0.5) is 5.69 Å². The fourth-order valence-electron chi connectivity index (χ4n) is 3.61. The normalized spacial score (nSPS) is 23.3. The molecular formula is C18H17BrN2O. The van der Waals surface area contributed by atoms with Gasteiger partial charge < -0.3 is 4.90 Å². The third kappa shape index (κ3) is 2.02. The molecule has 2 aromatic rings. The molecule has 3 nitrogen and oxygen atoms in total. The second-order valence-corrected chi connectivity index (χ2v) is 6.89. The van der Waals surface area contributed by atoms with E-state index in [1.54, 1.807) is 0 Å². The zero-order chi connectivity index (χ0) is 15.2. The summed E-state index contributed by atoms with van der Waals surface area (Å²) in [5, 5.41) is 3.46. The van der Waals surface area contributed by atoms with Crippen LogP contribution in [0.5, 0.6) is 0 Å². The first-order valence-corrected chi connectivity index (χ1v) is 8.41. The summed E-state index contributed by atoms with van der Waals surface area (Å²) in [5.41, 5.74) is 2.83. The van der Waals surface area contributed by atoms with Crippen molar-refractivity contribution in [2.45, 2.75) is 24.9 Å². The van der Waals surface area contributed by atoms with Crippen LogP contribution in [0.3, 0.4) is 0 Å². The van der Waals surface area contributed by atoms with Gasteiger partial charge in [-0.3, -0.25) is 10.1 Å². The van der Waals surface area contributed by atoms with Crippen LogP contribution in [-0.4, -0.2) is 12.5 Å². The highest BCUT2D eigenvalue weighted by Gasteiger charge is 2.51. The minimum Gasteiger partial charge on any atom is -0.306 e. The molecule has 112 valence electrons. The van der Waals surface area contributed by atoms with Gasteiger partial charge in [0.1, 0.15) is 5.54 Å². The van der Waals surface area contributed by atoms with Gasteiger partial charge in [-0.1, -0.05) is 46.3 Å². The van der Waals surface area contributed by atoms with E-state index >= 15 is 0 Å². The summed E-state index contributed by atoms with van der Waals surface area (Å²) in [7, 11) is 0. The molecule has 1 N–H and O–H groups in total. The van der Waals surface area contributed by atoms with E-state index in [0.717, 1.165) is 40.7 Å². The Hall–Kier alpha value is -1.65. The Labute approximate surface area is 138 Å². The topological polar surface area (TPSA) is 32.3 Å². The maximum atomic E-state index is 13.1. The van der Waals surface area contributed by atoms with Gasteiger partial charge in [-0.15, -0.1) is 0 Å². The van der Waals surface area contributed by atoms with Gasteiger partial charge in [-0.25, -0.2) is 0 Å². The second-order valence-electron chi connectivity index (χ2n) is 5.97. The molecule has 0 saturated carbocycles. The fourth-order valence-corrected chi connectivity index (χ4v) is 3.87. The summed E-state index contributed by atoms with van der Waals surface area (Å²) in [6, 6.07) is 16.3. The number of fused-ring (bicyclic) bond motifs is 2. The molecule has 1 unspecified atom stereocenters. The van der Waals surface area contributed by atoms with E-state index in [1.807, 2.05) is 29.2 Å². The Morgan fingerprint density at radius 3 is 2.64 bits per heavy atom. The highest BCUT2D eigenvalue weighted by atomic mass is 79.9. The molecule has 2 aliphatic rings. The number of hydrogen-bond acceptors (Lipinski definition) is 2. The monoisotopic (exact) mass is 356 g/mol. The Kier molecular flexibility index (Phi) is 3.31. The Balaban J connectivity index is 1.74. The molecule has 2 aliphatic heterocycles. The molecule has 0 radical (unpaired) electrons. The first kappa shape index (κ1) is 14.0. The van der Waals surface area contributed by atoms with Crippen LogP contribution in [0.2, 0.25) is 0 Å². The van der Waals surface area contributed by atoms with E-state index in [9.17, 15) is 4.79 Å². The van der Waals surface area contributed by atoms with Gasteiger partial charge in [0.05, 0.1) is 6.54 Å². The predicted molar refractivity (Wildman–Crippen MR) is 90.7 cm³/mol. The summed E-state index contributed by atoms with van der Waals surface area (Å²) in [6.07, 6.45) is 1.94. The maximum absolute atomic E-state index is 13.1. The minimum atomic E-state index is -0.494. The van der Waals surface area contributed by atoms with Crippen LogP contribution < -0.4 is 10.2 Å². The fraction of sp³-hybridized carbons (Fsp3) is 0.278. The molecule has 0 aromatic heterocycles. The molecule has 4 rings (SSSR count). The number of nitrogens with one attached hydrogen (secondary N) is 1. The van der Waals surface area contributed by atoms with Gasteiger partial charge >= 0.3 is 0 Å². The number of halogens is 1. The summed E-state index contributed by atoms with van der Waals surface area (Å²) in [6.45, 7) is 1.53. The van der Waals surface area contributed by atoms with Gasteiger partial charge in [0.25, 0.3) is 5.91 Å². The van der Waals surface area contributed by atoms with E-state index in [1.165, 1.54) is 0 Å². The molecular weight excluding hydrogens is 340 g/mol. The Morgan fingerprint density at radius 1 is 1.14 bits per heavy atom. The molecule has 1 fully saturated rings. The lowest BCUT2D eigenvalue weighted by molar-refractivity contribution is -0.123. The van der Waals surface area contributed by atoms with Crippen LogP contribution in [0.1, 0.15) is 24.0 Å². The lowest BCUT2D eigenvalue weighted by atomic mass is 9.90. The van der Waals surface area contributed by atoms with Crippen molar-refractivity contribution in [1.29, 1.82) is 0 Å². The minimum absolute atomic E-state index is 0.189. The van der Waals surface area contributed by atoms with E-state index in [-0.39, 0.29) is 5.91 Å². The van der Waals surface area contributed by atoms with Crippen molar-refractivity contribution in [2.24, 2.45) is 0 Å². The largest absolute Gasteiger partial charge is 0.306 e. The lowest BCUT2D eigenvalue weighted by Crippen LogP contribution is -2.46. The van der Waals surface area contributed by atoms with Crippen LogP contribution in [-0.2, 0) is 16.9 Å². The smallest absolute Gasteiger partial charge is 0.252 e. The van der Waals surface area contributed by atoms with E-state index < -0.39 is 5.54 Å². The van der Waals surface area contributed by atoms with Crippen molar-refractivity contribution < 1.29 is 4.79 Å². The van der Waals surface area contributed by atoms with E-state index in [2.05, 4.69) is 45.5 Å². The maximum Gasteiger partial charge on any atom is 0.252 e. The molecule has 1 amide bonds. The summed E-state index contributed by atoms with van der Waals surface area (Å²) < 4.78 is 1.05. The average Bonchev–Trinajstić information content (AvgIpc) is 3.11. The summed E-state index contributed by atoms with van der Waals surface area (Å²) in [4.78, 5) is 15.0. The number of hydrogen-bond donors (Lipinski definition) is 1. The van der Waals surface area contributed by atoms with Gasteiger partial charge in [0, 0.05) is 15.7 Å². The predicted octanol–water partition coefficient (Wildman–Crippen LogP) is 3.57. The lowest BCUT2D eigenvalue weighted by Gasteiger charge is -2.24. The molecule has 4 heteroatoms. The number of anilines is 1. The highest BCUT2D eigenvalue weighted by molar-refractivity contribution is 9.10. The van der Waals surface area contributed by atoms with Gasteiger partial charge in [-0.2, -0.15) is 0 Å². The van der Waals surface area contributed by atoms with Crippen molar-refractivity contribution in [1.82, 2.24) is 5.32 Å². The van der Waals surface area contributed by atoms with Crippen molar-refractivity contribution in [3.63, 3.8) is 0 Å². The van der Waals surface area contributed by atoms with Crippen LogP contribution in [0, 0.1) is 0 Å². The molecule has 2 heterocycles. The quantitative estimate of drug-likeness (QED) is 0.891.